The standard InChI is InChI=1S/C14H18F3NS/c1-2-19-11-4-3-10(7-11)18-8-9-5-12(15)14(17)13(16)6-9/h5-6,10-11,18H,2-4,7-8H2,1H3. The second-order valence-corrected chi connectivity index (χ2v) is 6.42. The molecule has 1 N–H and O–H groups in total. The van der Waals surface area contributed by atoms with Crippen LogP contribution in [0.2, 0.25) is 0 Å². The van der Waals surface area contributed by atoms with Crippen LogP contribution in [0.1, 0.15) is 31.7 Å². The smallest absolute Gasteiger partial charge is 0.194 e. The highest BCUT2D eigenvalue weighted by atomic mass is 32.2. The maximum Gasteiger partial charge on any atom is 0.194 e. The minimum absolute atomic E-state index is 0.377. The first-order chi connectivity index (χ1) is 9.10. The van der Waals surface area contributed by atoms with E-state index in [1.165, 1.54) is 6.42 Å². The molecule has 2 rings (SSSR count). The van der Waals surface area contributed by atoms with Crippen LogP contribution in [0.25, 0.3) is 0 Å². The lowest BCUT2D eigenvalue weighted by Gasteiger charge is -2.13. The zero-order chi connectivity index (χ0) is 13.8. The summed E-state index contributed by atoms with van der Waals surface area (Å²) in [5, 5.41) is 3.98. The number of thioether (sulfide) groups is 1. The van der Waals surface area contributed by atoms with Crippen molar-refractivity contribution in [2.24, 2.45) is 0 Å². The van der Waals surface area contributed by atoms with Gasteiger partial charge in [-0.15, -0.1) is 0 Å². The predicted molar refractivity (Wildman–Crippen MR) is 72.7 cm³/mol. The van der Waals surface area contributed by atoms with Gasteiger partial charge in [-0.2, -0.15) is 11.8 Å². The summed E-state index contributed by atoms with van der Waals surface area (Å²) in [6.45, 7) is 2.53. The molecule has 0 aliphatic heterocycles. The topological polar surface area (TPSA) is 12.0 Å². The highest BCUT2D eigenvalue weighted by Gasteiger charge is 2.24. The summed E-state index contributed by atoms with van der Waals surface area (Å²) in [6, 6.07) is 2.50. The predicted octanol–water partition coefficient (Wildman–Crippen LogP) is 3.87. The molecule has 2 unspecified atom stereocenters. The average molecular weight is 289 g/mol. The van der Waals surface area contributed by atoms with Crippen LogP contribution < -0.4 is 5.32 Å². The molecule has 0 radical (unpaired) electrons. The quantitative estimate of drug-likeness (QED) is 0.826. The lowest BCUT2D eigenvalue weighted by Crippen LogP contribution is -2.26. The molecule has 2 atom stereocenters. The van der Waals surface area contributed by atoms with E-state index in [1.54, 1.807) is 0 Å². The van der Waals surface area contributed by atoms with Crippen LogP contribution in [0.3, 0.4) is 0 Å². The normalized spacial score (nSPS) is 22.9. The summed E-state index contributed by atoms with van der Waals surface area (Å²) in [7, 11) is 0. The maximum atomic E-state index is 13.1. The van der Waals surface area contributed by atoms with Crippen LogP contribution in [-0.4, -0.2) is 17.0 Å². The van der Waals surface area contributed by atoms with Crippen molar-refractivity contribution in [1.82, 2.24) is 5.32 Å². The third-order valence-electron chi connectivity index (χ3n) is 3.43. The molecule has 0 saturated heterocycles. The van der Waals surface area contributed by atoms with Crippen LogP contribution >= 0.6 is 11.8 Å². The highest BCUT2D eigenvalue weighted by Crippen LogP contribution is 2.29. The Kier molecular flexibility index (Phi) is 5.16. The lowest BCUT2D eigenvalue weighted by molar-refractivity contribution is 0.442. The molecule has 0 amide bonds. The Balaban J connectivity index is 1.86. The van der Waals surface area contributed by atoms with Gasteiger partial charge in [0.25, 0.3) is 0 Å². The van der Waals surface area contributed by atoms with Gasteiger partial charge < -0.3 is 5.32 Å². The summed E-state index contributed by atoms with van der Waals surface area (Å²) in [5.74, 6) is -2.53. The van der Waals surface area contributed by atoms with Crippen molar-refractivity contribution in [1.29, 1.82) is 0 Å². The molecule has 1 aliphatic carbocycles. The highest BCUT2D eigenvalue weighted by molar-refractivity contribution is 7.99. The SMILES string of the molecule is CCSC1CCC(NCc2cc(F)c(F)c(F)c2)C1. The Hall–Kier alpha value is -0.680. The van der Waals surface area contributed by atoms with Crippen molar-refractivity contribution >= 4 is 11.8 Å². The summed E-state index contributed by atoms with van der Waals surface area (Å²) in [5.41, 5.74) is 0.447. The maximum absolute atomic E-state index is 13.1. The molecule has 1 nitrogen and oxygen atoms in total. The zero-order valence-corrected chi connectivity index (χ0v) is 11.7. The molecule has 0 spiro atoms. The molecule has 1 aromatic carbocycles. The summed E-state index contributed by atoms with van der Waals surface area (Å²) in [6.07, 6.45) is 3.36. The Morgan fingerprint density at radius 3 is 2.53 bits per heavy atom. The van der Waals surface area contributed by atoms with E-state index in [-0.39, 0.29) is 0 Å². The monoisotopic (exact) mass is 289 g/mol. The minimum atomic E-state index is -1.40. The molecule has 1 fully saturated rings. The van der Waals surface area contributed by atoms with Gasteiger partial charge in [-0.05, 0) is 42.7 Å². The van der Waals surface area contributed by atoms with Gasteiger partial charge in [-0.25, -0.2) is 13.2 Å². The van der Waals surface area contributed by atoms with Crippen LogP contribution in [0.15, 0.2) is 12.1 Å². The number of nitrogens with one attached hydrogen (secondary N) is 1. The van der Waals surface area contributed by atoms with E-state index in [4.69, 9.17) is 0 Å². The van der Waals surface area contributed by atoms with Gasteiger partial charge in [0.1, 0.15) is 0 Å². The summed E-state index contributed by atoms with van der Waals surface area (Å²) >= 11 is 1.96. The van der Waals surface area contributed by atoms with Crippen molar-refractivity contribution in [3.05, 3.63) is 35.1 Å². The first kappa shape index (κ1) is 14.7. The second-order valence-electron chi connectivity index (χ2n) is 4.84. The van der Waals surface area contributed by atoms with Gasteiger partial charge in [-0.3, -0.25) is 0 Å². The fraction of sp³-hybridized carbons (Fsp3) is 0.571. The molecule has 0 aromatic heterocycles. The van der Waals surface area contributed by atoms with Crippen LogP contribution in [0, 0.1) is 17.5 Å². The van der Waals surface area contributed by atoms with E-state index in [2.05, 4.69) is 12.2 Å². The molecule has 5 heteroatoms. The van der Waals surface area contributed by atoms with Crippen molar-refractivity contribution in [2.75, 3.05) is 5.75 Å². The molecular formula is C14H18F3NS. The lowest BCUT2D eigenvalue weighted by atomic mass is 10.2. The van der Waals surface area contributed by atoms with E-state index in [0.29, 0.717) is 23.4 Å². The van der Waals surface area contributed by atoms with Crippen molar-refractivity contribution in [3.8, 4) is 0 Å². The Labute approximate surface area is 116 Å². The van der Waals surface area contributed by atoms with E-state index in [1.807, 2.05) is 11.8 Å². The van der Waals surface area contributed by atoms with E-state index in [9.17, 15) is 13.2 Å². The molecular weight excluding hydrogens is 271 g/mol. The molecule has 19 heavy (non-hydrogen) atoms. The van der Waals surface area contributed by atoms with E-state index in [0.717, 1.165) is 30.7 Å². The fourth-order valence-electron chi connectivity index (χ4n) is 2.48. The Bertz CT molecular complexity index is 416. The van der Waals surface area contributed by atoms with Crippen LogP contribution in [0.4, 0.5) is 13.2 Å². The summed E-state index contributed by atoms with van der Waals surface area (Å²) < 4.78 is 38.9. The third-order valence-corrected chi connectivity index (χ3v) is 4.66. The van der Waals surface area contributed by atoms with Gasteiger partial charge in [0.05, 0.1) is 0 Å². The van der Waals surface area contributed by atoms with Gasteiger partial charge in [0.15, 0.2) is 17.5 Å². The zero-order valence-electron chi connectivity index (χ0n) is 10.9. The van der Waals surface area contributed by atoms with Crippen LogP contribution in [-0.2, 0) is 6.54 Å². The molecule has 0 bridgehead atoms. The van der Waals surface area contributed by atoms with Crippen molar-refractivity contribution in [3.63, 3.8) is 0 Å². The minimum Gasteiger partial charge on any atom is -0.310 e. The average Bonchev–Trinajstić information content (AvgIpc) is 2.81. The molecule has 1 aliphatic rings. The number of benzene rings is 1. The number of hydrogen-bond donors (Lipinski definition) is 1. The van der Waals surface area contributed by atoms with Crippen LogP contribution in [0.5, 0.6) is 0 Å². The third kappa shape index (κ3) is 3.89. The van der Waals surface area contributed by atoms with Crippen molar-refractivity contribution < 1.29 is 13.2 Å². The van der Waals surface area contributed by atoms with Gasteiger partial charge in [0, 0.05) is 17.8 Å². The molecule has 1 saturated carbocycles. The Morgan fingerprint density at radius 1 is 1.21 bits per heavy atom. The first-order valence-corrected chi connectivity index (χ1v) is 7.63. The number of hydrogen-bond acceptors (Lipinski definition) is 2. The van der Waals surface area contributed by atoms with Gasteiger partial charge in [0.2, 0.25) is 0 Å². The molecule has 1 aromatic rings. The summed E-state index contributed by atoms with van der Waals surface area (Å²) in [4.78, 5) is 0. The fourth-order valence-corrected chi connectivity index (χ4v) is 3.63. The first-order valence-electron chi connectivity index (χ1n) is 6.58. The molecule has 106 valence electrons. The largest absolute Gasteiger partial charge is 0.310 e. The van der Waals surface area contributed by atoms with Crippen molar-refractivity contribution in [2.45, 2.75) is 44.0 Å². The second kappa shape index (κ2) is 6.66. The van der Waals surface area contributed by atoms with Gasteiger partial charge >= 0.3 is 0 Å². The Morgan fingerprint density at radius 2 is 1.89 bits per heavy atom. The van der Waals surface area contributed by atoms with E-state index < -0.39 is 17.5 Å². The number of rotatable bonds is 5. The van der Waals surface area contributed by atoms with E-state index >= 15 is 0 Å². The van der Waals surface area contributed by atoms with Gasteiger partial charge in [-0.1, -0.05) is 6.92 Å². The molecule has 0 heterocycles. The number of halogens is 3.